The Hall–Kier alpha value is -1.39. The van der Waals surface area contributed by atoms with Gasteiger partial charge < -0.3 is 10.0 Å². The first-order chi connectivity index (χ1) is 10.6. The van der Waals surface area contributed by atoms with E-state index in [4.69, 9.17) is 0 Å². The van der Waals surface area contributed by atoms with Gasteiger partial charge in [-0.3, -0.25) is 9.69 Å². The average molecular weight is 302 g/mol. The Labute approximate surface area is 132 Å². The van der Waals surface area contributed by atoms with Gasteiger partial charge in [0.2, 0.25) is 5.91 Å². The number of aliphatic hydroxyl groups excluding tert-OH is 1. The van der Waals surface area contributed by atoms with Gasteiger partial charge in [0.15, 0.2) is 0 Å². The van der Waals surface area contributed by atoms with Gasteiger partial charge in [0.05, 0.1) is 12.6 Å². The molecule has 0 spiro atoms. The molecule has 4 heteroatoms. The maximum Gasteiger partial charge on any atom is 0.237 e. The minimum absolute atomic E-state index is 0.182. The summed E-state index contributed by atoms with van der Waals surface area (Å²) in [7, 11) is 0. The molecule has 1 N–H and O–H groups in total. The van der Waals surface area contributed by atoms with Crippen LogP contribution in [0.25, 0.3) is 0 Å². The van der Waals surface area contributed by atoms with E-state index in [1.165, 1.54) is 11.1 Å². The van der Waals surface area contributed by atoms with Crippen molar-refractivity contribution in [2.75, 3.05) is 19.6 Å². The molecule has 0 atom stereocenters. The number of aliphatic hydroxyl groups is 1. The third kappa shape index (κ3) is 4.08. The highest BCUT2D eigenvalue weighted by Crippen LogP contribution is 2.28. The molecule has 1 amide bonds. The number of likely N-dealkylation sites (tertiary alicyclic amines) is 1. The quantitative estimate of drug-likeness (QED) is 0.904. The molecule has 4 nitrogen and oxygen atoms in total. The molecule has 0 radical (unpaired) electrons. The zero-order chi connectivity index (χ0) is 15.5. The van der Waals surface area contributed by atoms with Crippen molar-refractivity contribution in [3.8, 4) is 0 Å². The van der Waals surface area contributed by atoms with Gasteiger partial charge in [-0.15, -0.1) is 0 Å². The Morgan fingerprint density at radius 2 is 1.82 bits per heavy atom. The van der Waals surface area contributed by atoms with Gasteiger partial charge in [-0.25, -0.2) is 0 Å². The summed E-state index contributed by atoms with van der Waals surface area (Å²) < 4.78 is 0. The number of carbonyl (C=O) groups is 1. The summed E-state index contributed by atoms with van der Waals surface area (Å²) in [5, 5.41) is 9.56. The Balaban J connectivity index is 1.58. The fourth-order valence-electron chi connectivity index (χ4n) is 3.06. The first kappa shape index (κ1) is 15.5. The lowest BCUT2D eigenvalue weighted by atomic mass is 10.1. The first-order valence-corrected chi connectivity index (χ1v) is 8.37. The van der Waals surface area contributed by atoms with Gasteiger partial charge in [-0.1, -0.05) is 29.8 Å². The summed E-state index contributed by atoms with van der Waals surface area (Å²) in [6.07, 6.45) is 3.66. The second kappa shape index (κ2) is 6.80. The summed E-state index contributed by atoms with van der Waals surface area (Å²) in [6.45, 7) is 4.96. The number of benzene rings is 1. The third-order valence-electron chi connectivity index (χ3n) is 4.70. The zero-order valence-electron chi connectivity index (χ0n) is 13.4. The lowest BCUT2D eigenvalue weighted by molar-refractivity contribution is -0.134. The van der Waals surface area contributed by atoms with E-state index in [9.17, 15) is 9.90 Å². The van der Waals surface area contributed by atoms with Crippen LogP contribution in [-0.2, 0) is 11.3 Å². The molecule has 1 aromatic carbocycles. The number of hydrogen-bond donors (Lipinski definition) is 1. The third-order valence-corrected chi connectivity index (χ3v) is 4.70. The number of hydrogen-bond acceptors (Lipinski definition) is 3. The van der Waals surface area contributed by atoms with Crippen LogP contribution >= 0.6 is 0 Å². The lowest BCUT2D eigenvalue weighted by Gasteiger charge is -2.31. The average Bonchev–Trinajstić information content (AvgIpc) is 3.33. The van der Waals surface area contributed by atoms with Gasteiger partial charge in [0, 0.05) is 25.7 Å². The van der Waals surface area contributed by atoms with Crippen molar-refractivity contribution in [1.29, 1.82) is 0 Å². The predicted molar refractivity (Wildman–Crippen MR) is 86.4 cm³/mol. The number of carbonyl (C=O) groups excluding carboxylic acids is 1. The maximum absolute atomic E-state index is 12.7. The van der Waals surface area contributed by atoms with E-state index >= 15 is 0 Å². The van der Waals surface area contributed by atoms with Crippen LogP contribution in [0.3, 0.4) is 0 Å². The van der Waals surface area contributed by atoms with Crippen molar-refractivity contribution in [1.82, 2.24) is 9.80 Å². The van der Waals surface area contributed by atoms with E-state index in [1.807, 2.05) is 0 Å². The monoisotopic (exact) mass is 302 g/mol. The number of nitrogens with zero attached hydrogens (tertiary/aromatic N) is 2. The zero-order valence-corrected chi connectivity index (χ0v) is 13.4. The Bertz CT molecular complexity index is 502. The molecule has 1 saturated carbocycles. The van der Waals surface area contributed by atoms with Gasteiger partial charge in [-0.2, -0.15) is 0 Å². The highest BCUT2D eigenvalue weighted by molar-refractivity contribution is 5.79. The van der Waals surface area contributed by atoms with Crippen LogP contribution in [0.4, 0.5) is 0 Å². The largest absolute Gasteiger partial charge is 0.393 e. The molecule has 2 aliphatic rings. The van der Waals surface area contributed by atoms with Gasteiger partial charge in [-0.05, 0) is 38.2 Å². The topological polar surface area (TPSA) is 43.8 Å². The van der Waals surface area contributed by atoms with E-state index < -0.39 is 0 Å². The van der Waals surface area contributed by atoms with Crippen LogP contribution in [0, 0.1) is 6.92 Å². The molecule has 1 aliphatic carbocycles. The Morgan fingerprint density at radius 3 is 2.41 bits per heavy atom. The van der Waals surface area contributed by atoms with Crippen molar-refractivity contribution in [3.63, 3.8) is 0 Å². The number of aryl methyl sites for hydroxylation is 1. The summed E-state index contributed by atoms with van der Waals surface area (Å²) in [4.78, 5) is 16.9. The molecule has 1 saturated heterocycles. The minimum Gasteiger partial charge on any atom is -0.393 e. The molecular formula is C18H26N2O2. The van der Waals surface area contributed by atoms with E-state index in [0.717, 1.165) is 45.3 Å². The van der Waals surface area contributed by atoms with Crippen LogP contribution in [0.2, 0.25) is 0 Å². The van der Waals surface area contributed by atoms with E-state index in [-0.39, 0.29) is 12.0 Å². The van der Waals surface area contributed by atoms with E-state index in [0.29, 0.717) is 12.6 Å². The second-order valence-corrected chi connectivity index (χ2v) is 6.75. The summed E-state index contributed by atoms with van der Waals surface area (Å²) in [5.74, 6) is 0.236. The van der Waals surface area contributed by atoms with Crippen molar-refractivity contribution in [2.45, 2.75) is 51.3 Å². The highest BCUT2D eigenvalue weighted by Gasteiger charge is 2.33. The fraction of sp³-hybridized carbons (Fsp3) is 0.611. The predicted octanol–water partition coefficient (Wildman–Crippen LogP) is 1.94. The van der Waals surface area contributed by atoms with Crippen LogP contribution in [0.15, 0.2) is 24.3 Å². The van der Waals surface area contributed by atoms with Crippen LogP contribution < -0.4 is 0 Å². The molecule has 0 bridgehead atoms. The molecule has 2 fully saturated rings. The molecule has 3 rings (SSSR count). The first-order valence-electron chi connectivity index (χ1n) is 8.37. The molecule has 1 aromatic rings. The normalized spacial score (nSPS) is 20.1. The van der Waals surface area contributed by atoms with Crippen molar-refractivity contribution < 1.29 is 9.90 Å². The van der Waals surface area contributed by atoms with Gasteiger partial charge in [0.1, 0.15) is 0 Å². The molecular weight excluding hydrogens is 276 g/mol. The summed E-state index contributed by atoms with van der Waals surface area (Å²) >= 11 is 0. The molecule has 120 valence electrons. The summed E-state index contributed by atoms with van der Waals surface area (Å²) in [6, 6.07) is 8.89. The second-order valence-electron chi connectivity index (χ2n) is 6.75. The minimum atomic E-state index is -0.182. The summed E-state index contributed by atoms with van der Waals surface area (Å²) in [5.41, 5.74) is 2.46. The van der Waals surface area contributed by atoms with Gasteiger partial charge in [0.25, 0.3) is 0 Å². The molecule has 1 aliphatic heterocycles. The number of piperidine rings is 1. The smallest absolute Gasteiger partial charge is 0.237 e. The van der Waals surface area contributed by atoms with Crippen molar-refractivity contribution in [2.24, 2.45) is 0 Å². The Morgan fingerprint density at radius 1 is 1.18 bits per heavy atom. The number of amides is 1. The molecule has 0 aromatic heterocycles. The van der Waals surface area contributed by atoms with Crippen molar-refractivity contribution >= 4 is 5.91 Å². The van der Waals surface area contributed by atoms with Crippen molar-refractivity contribution in [3.05, 3.63) is 35.4 Å². The SMILES string of the molecule is Cc1ccc(CN(C(=O)CN2CCC(O)CC2)C2CC2)cc1. The van der Waals surface area contributed by atoms with Crippen LogP contribution in [-0.4, -0.2) is 52.6 Å². The van der Waals surface area contributed by atoms with E-state index in [1.54, 1.807) is 0 Å². The molecule has 0 unspecified atom stereocenters. The van der Waals surface area contributed by atoms with E-state index in [2.05, 4.69) is 41.0 Å². The van der Waals surface area contributed by atoms with Gasteiger partial charge >= 0.3 is 0 Å². The fourth-order valence-corrected chi connectivity index (χ4v) is 3.06. The lowest BCUT2D eigenvalue weighted by Crippen LogP contribution is -2.44. The molecule has 1 heterocycles. The Kier molecular flexibility index (Phi) is 4.79. The maximum atomic E-state index is 12.7. The highest BCUT2D eigenvalue weighted by atomic mass is 16.3. The van der Waals surface area contributed by atoms with Crippen LogP contribution in [0.1, 0.15) is 36.8 Å². The standard InChI is InChI=1S/C18H26N2O2/c1-14-2-4-15(5-3-14)12-20(16-6-7-16)18(22)13-19-10-8-17(21)9-11-19/h2-5,16-17,21H,6-13H2,1H3. The molecule has 22 heavy (non-hydrogen) atoms. The van der Waals surface area contributed by atoms with Crippen LogP contribution in [0.5, 0.6) is 0 Å². The number of rotatable bonds is 5.